The van der Waals surface area contributed by atoms with Crippen molar-refractivity contribution in [3.63, 3.8) is 0 Å². The minimum absolute atomic E-state index is 0.0188. The van der Waals surface area contributed by atoms with Gasteiger partial charge in [0, 0.05) is 24.2 Å². The zero-order chi connectivity index (χ0) is 18.0. The number of pyridine rings is 1. The van der Waals surface area contributed by atoms with Crippen LogP contribution in [0.15, 0.2) is 47.7 Å². The number of anilines is 3. The Balaban J connectivity index is 2.08. The van der Waals surface area contributed by atoms with Crippen LogP contribution in [-0.2, 0) is 0 Å². The van der Waals surface area contributed by atoms with E-state index in [1.807, 2.05) is 0 Å². The van der Waals surface area contributed by atoms with Crippen LogP contribution in [0.4, 0.5) is 26.1 Å². The summed E-state index contributed by atoms with van der Waals surface area (Å²) < 4.78 is 27.7. The first-order chi connectivity index (χ1) is 12.0. The Morgan fingerprint density at radius 3 is 2.44 bits per heavy atom. The molecule has 0 radical (unpaired) electrons. The maximum atomic E-state index is 13.9. The quantitative estimate of drug-likeness (QED) is 0.542. The van der Waals surface area contributed by atoms with Crippen LogP contribution in [0.3, 0.4) is 0 Å². The summed E-state index contributed by atoms with van der Waals surface area (Å²) in [6.45, 7) is 0. The standard InChI is InChI=1S/C16H12F2N6O/c17-9-2-1-3-10(18)14(9)24-11-4-5-21-15(25)12(11)13(19)8-6-22-16(20)23-7-8/h1-7,19H,(H2,20,22,23)(H2,21,24,25). The predicted octanol–water partition coefficient (Wildman–Crippen LogP) is 2.19. The van der Waals surface area contributed by atoms with Crippen molar-refractivity contribution >= 4 is 23.0 Å². The van der Waals surface area contributed by atoms with E-state index in [-0.39, 0.29) is 28.5 Å². The van der Waals surface area contributed by atoms with Crippen molar-refractivity contribution in [2.24, 2.45) is 0 Å². The van der Waals surface area contributed by atoms with Crippen molar-refractivity contribution in [3.8, 4) is 0 Å². The number of aromatic nitrogens is 3. The average molecular weight is 342 g/mol. The molecule has 3 rings (SSSR count). The Bertz CT molecular complexity index is 980. The highest BCUT2D eigenvalue weighted by molar-refractivity contribution is 6.13. The van der Waals surface area contributed by atoms with Crippen LogP contribution in [0.1, 0.15) is 11.1 Å². The molecule has 0 aliphatic rings. The molecule has 0 amide bonds. The number of benzene rings is 1. The summed E-state index contributed by atoms with van der Waals surface area (Å²) in [6.07, 6.45) is 3.87. The highest BCUT2D eigenvalue weighted by atomic mass is 19.1. The first-order valence-electron chi connectivity index (χ1n) is 7.07. The molecule has 2 aromatic heterocycles. The Hall–Kier alpha value is -3.62. The van der Waals surface area contributed by atoms with Crippen LogP contribution in [0.2, 0.25) is 0 Å². The second kappa shape index (κ2) is 6.48. The van der Waals surface area contributed by atoms with Gasteiger partial charge in [-0.3, -0.25) is 10.2 Å². The van der Waals surface area contributed by atoms with E-state index in [2.05, 4.69) is 20.3 Å². The summed E-state index contributed by atoms with van der Waals surface area (Å²) >= 11 is 0. The van der Waals surface area contributed by atoms with Crippen molar-refractivity contribution in [1.82, 2.24) is 15.0 Å². The van der Waals surface area contributed by atoms with Crippen molar-refractivity contribution < 1.29 is 8.78 Å². The summed E-state index contributed by atoms with van der Waals surface area (Å²) in [5, 5.41) is 10.8. The predicted molar refractivity (Wildman–Crippen MR) is 89.1 cm³/mol. The number of hydrogen-bond donors (Lipinski definition) is 4. The molecule has 0 fully saturated rings. The number of nitrogen functional groups attached to an aromatic ring is 1. The molecule has 0 atom stereocenters. The van der Waals surface area contributed by atoms with E-state index in [9.17, 15) is 13.6 Å². The molecular weight excluding hydrogens is 330 g/mol. The molecule has 0 saturated carbocycles. The zero-order valence-electron chi connectivity index (χ0n) is 12.7. The van der Waals surface area contributed by atoms with E-state index in [0.717, 1.165) is 12.1 Å². The number of hydrogen-bond acceptors (Lipinski definition) is 6. The number of nitrogens with two attached hydrogens (primary N) is 1. The number of para-hydroxylation sites is 1. The number of nitrogens with zero attached hydrogens (tertiary/aromatic N) is 2. The van der Waals surface area contributed by atoms with Gasteiger partial charge in [-0.25, -0.2) is 18.7 Å². The lowest BCUT2D eigenvalue weighted by molar-refractivity contribution is 0.591. The first-order valence-corrected chi connectivity index (χ1v) is 7.07. The van der Waals surface area contributed by atoms with E-state index in [0.29, 0.717) is 0 Å². The van der Waals surface area contributed by atoms with Gasteiger partial charge in [-0.05, 0) is 18.2 Å². The van der Waals surface area contributed by atoms with E-state index < -0.39 is 22.9 Å². The molecular formula is C16H12F2N6O. The van der Waals surface area contributed by atoms with E-state index in [1.54, 1.807) is 0 Å². The molecule has 0 saturated heterocycles. The van der Waals surface area contributed by atoms with Crippen LogP contribution in [0, 0.1) is 17.0 Å². The number of aromatic amines is 1. The number of rotatable bonds is 4. The molecule has 5 N–H and O–H groups in total. The zero-order valence-corrected chi connectivity index (χ0v) is 12.7. The highest BCUT2D eigenvalue weighted by Crippen LogP contribution is 2.25. The smallest absolute Gasteiger partial charge is 0.259 e. The van der Waals surface area contributed by atoms with Gasteiger partial charge in [-0.15, -0.1) is 0 Å². The van der Waals surface area contributed by atoms with E-state index in [4.69, 9.17) is 11.1 Å². The minimum Gasteiger partial charge on any atom is -0.368 e. The second-order valence-corrected chi connectivity index (χ2v) is 5.02. The average Bonchev–Trinajstić information content (AvgIpc) is 2.58. The fourth-order valence-electron chi connectivity index (χ4n) is 2.19. The number of halogens is 2. The molecule has 3 aromatic rings. The van der Waals surface area contributed by atoms with Crippen molar-refractivity contribution in [2.45, 2.75) is 0 Å². The molecule has 0 unspecified atom stereocenters. The molecule has 0 bridgehead atoms. The topological polar surface area (TPSA) is 121 Å². The third kappa shape index (κ3) is 3.20. The lowest BCUT2D eigenvalue weighted by Crippen LogP contribution is -2.21. The van der Waals surface area contributed by atoms with E-state index >= 15 is 0 Å². The molecule has 0 spiro atoms. The monoisotopic (exact) mass is 342 g/mol. The fourth-order valence-corrected chi connectivity index (χ4v) is 2.19. The van der Waals surface area contributed by atoms with Crippen LogP contribution in [0.5, 0.6) is 0 Å². The molecule has 0 aliphatic carbocycles. The van der Waals surface area contributed by atoms with Crippen molar-refractivity contribution in [2.75, 3.05) is 11.1 Å². The van der Waals surface area contributed by atoms with Gasteiger partial charge in [-0.1, -0.05) is 6.07 Å². The largest absolute Gasteiger partial charge is 0.368 e. The maximum absolute atomic E-state index is 13.9. The van der Waals surface area contributed by atoms with Crippen molar-refractivity contribution in [3.05, 3.63) is 76.0 Å². The Labute approximate surface area is 140 Å². The fraction of sp³-hybridized carbons (Fsp3) is 0. The summed E-state index contributed by atoms with van der Waals surface area (Å²) in [6, 6.07) is 4.78. The van der Waals surface area contributed by atoms with Gasteiger partial charge in [0.1, 0.15) is 17.3 Å². The molecule has 1 aromatic carbocycles. The Morgan fingerprint density at radius 1 is 1.16 bits per heavy atom. The van der Waals surface area contributed by atoms with Gasteiger partial charge < -0.3 is 16.0 Å². The summed E-state index contributed by atoms with van der Waals surface area (Å²) in [5.74, 6) is -1.63. The van der Waals surface area contributed by atoms with Gasteiger partial charge in [-0.2, -0.15) is 0 Å². The third-order valence-electron chi connectivity index (χ3n) is 3.39. The van der Waals surface area contributed by atoms with Gasteiger partial charge in [0.15, 0.2) is 0 Å². The van der Waals surface area contributed by atoms with Crippen LogP contribution >= 0.6 is 0 Å². The number of H-pyrrole nitrogens is 1. The summed E-state index contributed by atoms with van der Waals surface area (Å²) in [7, 11) is 0. The molecule has 0 aliphatic heterocycles. The molecule has 9 heteroatoms. The lowest BCUT2D eigenvalue weighted by Gasteiger charge is -2.13. The minimum atomic E-state index is -0.825. The summed E-state index contributed by atoms with van der Waals surface area (Å²) in [5.41, 5.74) is 4.33. The first kappa shape index (κ1) is 16.2. The van der Waals surface area contributed by atoms with Crippen LogP contribution in [-0.4, -0.2) is 20.7 Å². The normalized spacial score (nSPS) is 10.5. The Kier molecular flexibility index (Phi) is 4.21. The second-order valence-electron chi connectivity index (χ2n) is 5.02. The highest BCUT2D eigenvalue weighted by Gasteiger charge is 2.17. The third-order valence-corrected chi connectivity index (χ3v) is 3.39. The lowest BCUT2D eigenvalue weighted by atomic mass is 10.0. The van der Waals surface area contributed by atoms with Crippen LogP contribution < -0.4 is 16.6 Å². The van der Waals surface area contributed by atoms with E-state index in [1.165, 1.54) is 30.7 Å². The molecule has 126 valence electrons. The van der Waals surface area contributed by atoms with Gasteiger partial charge in [0.2, 0.25) is 5.95 Å². The molecule has 7 nitrogen and oxygen atoms in total. The van der Waals surface area contributed by atoms with Crippen molar-refractivity contribution in [1.29, 1.82) is 5.41 Å². The summed E-state index contributed by atoms with van der Waals surface area (Å²) in [4.78, 5) is 22.2. The molecule has 25 heavy (non-hydrogen) atoms. The Morgan fingerprint density at radius 2 is 1.80 bits per heavy atom. The molecule has 2 heterocycles. The maximum Gasteiger partial charge on any atom is 0.259 e. The van der Waals surface area contributed by atoms with Gasteiger partial charge in [0.25, 0.3) is 5.56 Å². The van der Waals surface area contributed by atoms with Crippen LogP contribution in [0.25, 0.3) is 0 Å². The number of nitrogens with one attached hydrogen (secondary N) is 3. The van der Waals surface area contributed by atoms with Gasteiger partial charge >= 0.3 is 0 Å². The van der Waals surface area contributed by atoms with Gasteiger partial charge in [0.05, 0.1) is 17.0 Å². The SMILES string of the molecule is N=C(c1cnc(N)nc1)c1c(Nc2c(F)cccc2F)cc[nH]c1=O.